The van der Waals surface area contributed by atoms with Crippen LogP contribution >= 0.6 is 11.3 Å². The van der Waals surface area contributed by atoms with E-state index in [-0.39, 0.29) is 30.4 Å². The van der Waals surface area contributed by atoms with Crippen LogP contribution in [0.2, 0.25) is 0 Å². The quantitative estimate of drug-likeness (QED) is 0.431. The second-order valence-electron chi connectivity index (χ2n) is 8.83. The molecule has 0 bridgehead atoms. The normalized spacial score (nSPS) is 16.0. The molecule has 0 aliphatic carbocycles. The van der Waals surface area contributed by atoms with Gasteiger partial charge in [0, 0.05) is 23.0 Å². The predicted molar refractivity (Wildman–Crippen MR) is 136 cm³/mol. The fourth-order valence-corrected chi connectivity index (χ4v) is 5.24. The minimum atomic E-state index is -0.172. The SMILES string of the molecule is CCC(C)N(CC(=O)N1CCc2sccc2C1COc1ccc(C)cc1)C(=O)c1ccccc1. The smallest absolute Gasteiger partial charge is 0.254 e. The molecule has 0 saturated heterocycles. The van der Waals surface area contributed by atoms with Gasteiger partial charge in [-0.1, -0.05) is 42.8 Å². The van der Waals surface area contributed by atoms with E-state index in [1.54, 1.807) is 28.4 Å². The fraction of sp³-hybridized carbons (Fsp3) is 0.357. The third-order valence-electron chi connectivity index (χ3n) is 6.55. The van der Waals surface area contributed by atoms with Crippen LogP contribution in [0.3, 0.4) is 0 Å². The Labute approximate surface area is 206 Å². The van der Waals surface area contributed by atoms with Crippen molar-refractivity contribution in [2.75, 3.05) is 19.7 Å². The van der Waals surface area contributed by atoms with E-state index in [0.717, 1.165) is 24.2 Å². The van der Waals surface area contributed by atoms with Crippen LogP contribution in [0.5, 0.6) is 5.75 Å². The molecule has 4 rings (SSSR count). The van der Waals surface area contributed by atoms with Gasteiger partial charge in [0.1, 0.15) is 18.9 Å². The number of fused-ring (bicyclic) bond motifs is 1. The second-order valence-corrected chi connectivity index (χ2v) is 9.83. The number of rotatable bonds is 8. The summed E-state index contributed by atoms with van der Waals surface area (Å²) in [6, 6.07) is 19.1. The van der Waals surface area contributed by atoms with Crippen molar-refractivity contribution < 1.29 is 14.3 Å². The van der Waals surface area contributed by atoms with Gasteiger partial charge in [-0.25, -0.2) is 0 Å². The molecule has 1 aliphatic rings. The first-order valence-corrected chi connectivity index (χ1v) is 12.8. The molecule has 3 aromatic rings. The van der Waals surface area contributed by atoms with E-state index in [4.69, 9.17) is 4.74 Å². The number of thiophene rings is 1. The highest BCUT2D eigenvalue weighted by atomic mass is 32.1. The Morgan fingerprint density at radius 2 is 1.85 bits per heavy atom. The Kier molecular flexibility index (Phi) is 7.68. The third kappa shape index (κ3) is 5.33. The highest BCUT2D eigenvalue weighted by Gasteiger charge is 2.34. The van der Waals surface area contributed by atoms with Gasteiger partial charge in [-0.05, 0) is 68.0 Å². The number of amides is 2. The lowest BCUT2D eigenvalue weighted by molar-refractivity contribution is -0.136. The Morgan fingerprint density at radius 3 is 2.56 bits per heavy atom. The maximum absolute atomic E-state index is 13.6. The summed E-state index contributed by atoms with van der Waals surface area (Å²) in [5.74, 6) is 0.642. The average molecular weight is 477 g/mol. The van der Waals surface area contributed by atoms with Crippen LogP contribution in [-0.4, -0.2) is 47.4 Å². The molecule has 2 unspecified atom stereocenters. The van der Waals surface area contributed by atoms with Crippen LogP contribution in [0, 0.1) is 6.92 Å². The summed E-state index contributed by atoms with van der Waals surface area (Å²) < 4.78 is 6.13. The zero-order valence-corrected chi connectivity index (χ0v) is 20.9. The molecule has 2 aromatic carbocycles. The Hall–Kier alpha value is -3.12. The summed E-state index contributed by atoms with van der Waals surface area (Å²) in [5.41, 5.74) is 2.94. The number of nitrogens with zero attached hydrogens (tertiary/aromatic N) is 2. The van der Waals surface area contributed by atoms with Crippen molar-refractivity contribution in [3.05, 3.63) is 87.6 Å². The molecule has 6 heteroatoms. The molecule has 2 atom stereocenters. The number of ether oxygens (including phenoxy) is 1. The third-order valence-corrected chi connectivity index (χ3v) is 7.55. The van der Waals surface area contributed by atoms with E-state index in [9.17, 15) is 9.59 Å². The minimum absolute atomic E-state index is 0.0413. The van der Waals surface area contributed by atoms with E-state index in [1.807, 2.05) is 68.1 Å². The summed E-state index contributed by atoms with van der Waals surface area (Å²) in [4.78, 5) is 31.8. The number of carbonyl (C=O) groups excluding carboxylic acids is 2. The van der Waals surface area contributed by atoms with Gasteiger partial charge in [0.05, 0.1) is 6.04 Å². The zero-order chi connectivity index (χ0) is 24.1. The topological polar surface area (TPSA) is 49.9 Å². The molecule has 2 heterocycles. The van der Waals surface area contributed by atoms with Crippen molar-refractivity contribution in [1.29, 1.82) is 0 Å². The fourth-order valence-electron chi connectivity index (χ4n) is 4.32. The van der Waals surface area contributed by atoms with Gasteiger partial charge < -0.3 is 14.5 Å². The molecule has 0 spiro atoms. The highest BCUT2D eigenvalue weighted by molar-refractivity contribution is 7.10. The number of hydrogen-bond acceptors (Lipinski definition) is 4. The van der Waals surface area contributed by atoms with Gasteiger partial charge in [-0.3, -0.25) is 9.59 Å². The largest absolute Gasteiger partial charge is 0.491 e. The second kappa shape index (κ2) is 10.9. The molecule has 2 amide bonds. The van der Waals surface area contributed by atoms with Crippen LogP contribution < -0.4 is 4.74 Å². The van der Waals surface area contributed by atoms with E-state index < -0.39 is 0 Å². The van der Waals surface area contributed by atoms with Crippen LogP contribution in [0.1, 0.15) is 52.7 Å². The lowest BCUT2D eigenvalue weighted by Crippen LogP contribution is -2.49. The summed E-state index contributed by atoms with van der Waals surface area (Å²) in [6.07, 6.45) is 1.61. The van der Waals surface area contributed by atoms with Gasteiger partial charge in [0.25, 0.3) is 5.91 Å². The molecule has 0 N–H and O–H groups in total. The van der Waals surface area contributed by atoms with Gasteiger partial charge in [0.15, 0.2) is 0 Å². The summed E-state index contributed by atoms with van der Waals surface area (Å²) >= 11 is 1.73. The first-order valence-electron chi connectivity index (χ1n) is 11.9. The number of aryl methyl sites for hydroxylation is 1. The van der Waals surface area contributed by atoms with Gasteiger partial charge in [-0.15, -0.1) is 11.3 Å². The first-order chi connectivity index (χ1) is 16.5. The van der Waals surface area contributed by atoms with Crippen molar-refractivity contribution in [3.63, 3.8) is 0 Å². The summed E-state index contributed by atoms with van der Waals surface area (Å²) in [5, 5.41) is 2.09. The van der Waals surface area contributed by atoms with Crippen molar-refractivity contribution in [2.45, 2.75) is 45.7 Å². The molecular formula is C28H32N2O3S. The van der Waals surface area contributed by atoms with Crippen LogP contribution in [0.15, 0.2) is 66.0 Å². The number of hydrogen-bond donors (Lipinski definition) is 0. The van der Waals surface area contributed by atoms with E-state index in [1.165, 1.54) is 10.4 Å². The van der Waals surface area contributed by atoms with Crippen LogP contribution in [-0.2, 0) is 11.2 Å². The maximum Gasteiger partial charge on any atom is 0.254 e. The summed E-state index contributed by atoms with van der Waals surface area (Å²) in [7, 11) is 0. The molecule has 5 nitrogen and oxygen atoms in total. The predicted octanol–water partition coefficient (Wildman–Crippen LogP) is 5.50. The number of benzene rings is 2. The molecular weight excluding hydrogens is 444 g/mol. The van der Waals surface area contributed by atoms with Crippen molar-refractivity contribution in [1.82, 2.24) is 9.80 Å². The van der Waals surface area contributed by atoms with Gasteiger partial charge >= 0.3 is 0 Å². The van der Waals surface area contributed by atoms with E-state index in [0.29, 0.717) is 18.7 Å². The molecule has 0 fully saturated rings. The zero-order valence-electron chi connectivity index (χ0n) is 20.1. The minimum Gasteiger partial charge on any atom is -0.491 e. The van der Waals surface area contributed by atoms with Gasteiger partial charge in [0.2, 0.25) is 5.91 Å². The average Bonchev–Trinajstić information content (AvgIpc) is 3.35. The molecule has 0 radical (unpaired) electrons. The Bertz CT molecular complexity index is 1110. The van der Waals surface area contributed by atoms with Crippen LogP contribution in [0.25, 0.3) is 0 Å². The maximum atomic E-state index is 13.6. The lowest BCUT2D eigenvalue weighted by atomic mass is 10.00. The van der Waals surface area contributed by atoms with Crippen molar-refractivity contribution in [2.24, 2.45) is 0 Å². The van der Waals surface area contributed by atoms with Gasteiger partial charge in [-0.2, -0.15) is 0 Å². The number of carbonyl (C=O) groups is 2. The van der Waals surface area contributed by atoms with Crippen LogP contribution in [0.4, 0.5) is 0 Å². The lowest BCUT2D eigenvalue weighted by Gasteiger charge is -2.38. The molecule has 178 valence electrons. The standard InChI is InChI=1S/C28H32N2O3S/c1-4-21(3)30(28(32)22-8-6-5-7-9-22)18-27(31)29-16-14-26-24(15-17-34-26)25(29)19-33-23-12-10-20(2)11-13-23/h5-13,15,17,21,25H,4,14,16,18-19H2,1-3H3. The molecule has 1 aliphatic heterocycles. The Morgan fingerprint density at radius 1 is 1.12 bits per heavy atom. The first kappa shape index (κ1) is 24.0. The Balaban J connectivity index is 1.54. The van der Waals surface area contributed by atoms with E-state index in [2.05, 4.69) is 11.4 Å². The monoisotopic (exact) mass is 476 g/mol. The highest BCUT2D eigenvalue weighted by Crippen LogP contribution is 2.34. The molecule has 0 saturated carbocycles. The van der Waals surface area contributed by atoms with Crippen molar-refractivity contribution in [3.8, 4) is 5.75 Å². The van der Waals surface area contributed by atoms with Crippen molar-refractivity contribution >= 4 is 23.2 Å². The molecule has 34 heavy (non-hydrogen) atoms. The molecule has 1 aromatic heterocycles. The summed E-state index contributed by atoms with van der Waals surface area (Å²) in [6.45, 7) is 7.15. The van der Waals surface area contributed by atoms with E-state index >= 15 is 0 Å².